The number of amides is 1. The van der Waals surface area contributed by atoms with E-state index in [0.717, 1.165) is 33.9 Å². The monoisotopic (exact) mass is 346 g/mol. The molecule has 0 radical (unpaired) electrons. The second-order valence-electron chi connectivity index (χ2n) is 5.69. The van der Waals surface area contributed by atoms with Crippen LogP contribution in [-0.4, -0.2) is 37.0 Å². The number of halogens is 1. The van der Waals surface area contributed by atoms with Gasteiger partial charge in [-0.05, 0) is 61.5 Å². The maximum atomic E-state index is 12.3. The number of nitrogens with one attached hydrogen (secondary N) is 1. The smallest absolute Gasteiger partial charge is 0.251 e. The number of fused-ring (bicyclic) bond motifs is 1. The van der Waals surface area contributed by atoms with Gasteiger partial charge < -0.3 is 10.2 Å². The van der Waals surface area contributed by atoms with Crippen molar-refractivity contribution in [2.24, 2.45) is 0 Å². The van der Waals surface area contributed by atoms with Crippen LogP contribution in [0.5, 0.6) is 0 Å². The van der Waals surface area contributed by atoms with E-state index in [0.29, 0.717) is 6.04 Å². The van der Waals surface area contributed by atoms with Crippen LogP contribution in [0.2, 0.25) is 0 Å². The van der Waals surface area contributed by atoms with Gasteiger partial charge in [-0.1, -0.05) is 28.1 Å². The Morgan fingerprint density at radius 1 is 1.29 bits per heavy atom. The van der Waals surface area contributed by atoms with Gasteiger partial charge in [0.05, 0.1) is 0 Å². The zero-order valence-corrected chi connectivity index (χ0v) is 13.7. The average molecular weight is 347 g/mol. The number of nitrogens with zero attached hydrogens (tertiary/aromatic N) is 1. The summed E-state index contributed by atoms with van der Waals surface area (Å²) in [6.07, 6.45) is 2.39. The fraction of sp³-hybridized carbons (Fsp3) is 0.353. The first-order chi connectivity index (χ1) is 10.1. The summed E-state index contributed by atoms with van der Waals surface area (Å²) >= 11 is 3.46. The summed E-state index contributed by atoms with van der Waals surface area (Å²) in [6.45, 7) is 1.86. The van der Waals surface area contributed by atoms with E-state index in [-0.39, 0.29) is 5.91 Å². The minimum Gasteiger partial charge on any atom is -0.350 e. The van der Waals surface area contributed by atoms with Crippen LogP contribution in [0, 0.1) is 0 Å². The van der Waals surface area contributed by atoms with Crippen molar-refractivity contribution in [2.45, 2.75) is 18.9 Å². The van der Waals surface area contributed by atoms with Gasteiger partial charge in [0.15, 0.2) is 0 Å². The fourth-order valence-corrected chi connectivity index (χ4v) is 3.29. The van der Waals surface area contributed by atoms with Crippen LogP contribution in [-0.2, 0) is 0 Å². The molecule has 0 bridgehead atoms. The molecule has 4 heteroatoms. The number of carbonyl (C=O) groups excluding carboxylic acids is 1. The van der Waals surface area contributed by atoms with Crippen LogP contribution in [0.25, 0.3) is 10.8 Å². The number of rotatable bonds is 3. The molecular formula is C17H19BrN2O. The number of carbonyl (C=O) groups is 1. The van der Waals surface area contributed by atoms with Crippen molar-refractivity contribution in [3.63, 3.8) is 0 Å². The number of likely N-dealkylation sites (tertiary alicyclic amines) is 1. The molecule has 1 unspecified atom stereocenters. The molecule has 3 nitrogen and oxygen atoms in total. The lowest BCUT2D eigenvalue weighted by atomic mass is 10.1. The van der Waals surface area contributed by atoms with Crippen LogP contribution in [0.1, 0.15) is 23.2 Å². The van der Waals surface area contributed by atoms with E-state index < -0.39 is 0 Å². The van der Waals surface area contributed by atoms with Crippen molar-refractivity contribution in [1.29, 1.82) is 0 Å². The number of hydrogen-bond donors (Lipinski definition) is 1. The Bertz CT molecular complexity index is 671. The van der Waals surface area contributed by atoms with Crippen molar-refractivity contribution in [3.05, 3.63) is 46.4 Å². The molecular weight excluding hydrogens is 328 g/mol. The second-order valence-corrected chi connectivity index (χ2v) is 6.61. The molecule has 1 N–H and O–H groups in total. The Labute approximate surface area is 133 Å². The second kappa shape index (κ2) is 6.16. The Morgan fingerprint density at radius 3 is 2.81 bits per heavy atom. The summed E-state index contributed by atoms with van der Waals surface area (Å²) in [4.78, 5) is 14.6. The van der Waals surface area contributed by atoms with E-state index in [1.54, 1.807) is 0 Å². The lowest BCUT2D eigenvalue weighted by Crippen LogP contribution is -2.38. The highest BCUT2D eigenvalue weighted by Crippen LogP contribution is 2.21. The maximum Gasteiger partial charge on any atom is 0.251 e. The molecule has 1 aliphatic rings. The van der Waals surface area contributed by atoms with Gasteiger partial charge in [-0.15, -0.1) is 0 Å². The highest BCUT2D eigenvalue weighted by molar-refractivity contribution is 9.10. The van der Waals surface area contributed by atoms with E-state index in [1.165, 1.54) is 12.8 Å². The number of benzene rings is 2. The summed E-state index contributed by atoms with van der Waals surface area (Å²) in [6, 6.07) is 12.4. The van der Waals surface area contributed by atoms with Crippen LogP contribution < -0.4 is 5.32 Å². The molecule has 0 saturated carbocycles. The van der Waals surface area contributed by atoms with Crippen LogP contribution in [0.4, 0.5) is 0 Å². The van der Waals surface area contributed by atoms with Crippen molar-refractivity contribution < 1.29 is 4.79 Å². The third-order valence-corrected chi connectivity index (χ3v) is 4.73. The number of hydrogen-bond acceptors (Lipinski definition) is 2. The zero-order chi connectivity index (χ0) is 14.8. The van der Waals surface area contributed by atoms with Crippen LogP contribution >= 0.6 is 15.9 Å². The predicted octanol–water partition coefficient (Wildman–Crippen LogP) is 3.43. The van der Waals surface area contributed by atoms with E-state index in [9.17, 15) is 4.79 Å². The minimum atomic E-state index is 0.0140. The van der Waals surface area contributed by atoms with Gasteiger partial charge in [0.2, 0.25) is 0 Å². The van der Waals surface area contributed by atoms with Gasteiger partial charge in [-0.2, -0.15) is 0 Å². The molecule has 1 fully saturated rings. The maximum absolute atomic E-state index is 12.3. The van der Waals surface area contributed by atoms with Crippen molar-refractivity contribution in [1.82, 2.24) is 10.2 Å². The van der Waals surface area contributed by atoms with Gasteiger partial charge in [0.1, 0.15) is 0 Å². The fourth-order valence-electron chi connectivity index (χ4n) is 2.91. The van der Waals surface area contributed by atoms with E-state index in [2.05, 4.69) is 39.3 Å². The molecule has 0 aromatic heterocycles. The summed E-state index contributed by atoms with van der Waals surface area (Å²) in [5, 5.41) is 5.28. The van der Waals surface area contributed by atoms with Crippen LogP contribution in [0.3, 0.4) is 0 Å². The van der Waals surface area contributed by atoms with Gasteiger partial charge in [-0.25, -0.2) is 0 Å². The highest BCUT2D eigenvalue weighted by Gasteiger charge is 2.21. The summed E-state index contributed by atoms with van der Waals surface area (Å²) in [5.41, 5.74) is 0.727. The Balaban J connectivity index is 1.71. The highest BCUT2D eigenvalue weighted by atomic mass is 79.9. The van der Waals surface area contributed by atoms with Crippen LogP contribution in [0.15, 0.2) is 40.9 Å². The van der Waals surface area contributed by atoms with E-state index in [4.69, 9.17) is 0 Å². The normalized spacial score (nSPS) is 19.0. The van der Waals surface area contributed by atoms with Crippen molar-refractivity contribution in [2.75, 3.05) is 20.1 Å². The average Bonchev–Trinajstić information content (AvgIpc) is 2.89. The topological polar surface area (TPSA) is 32.3 Å². The lowest BCUT2D eigenvalue weighted by molar-refractivity contribution is 0.0944. The molecule has 0 spiro atoms. The lowest BCUT2D eigenvalue weighted by Gasteiger charge is -2.19. The number of likely N-dealkylation sites (N-methyl/N-ethyl adjacent to an activating group) is 1. The quantitative estimate of drug-likeness (QED) is 0.923. The first-order valence-electron chi connectivity index (χ1n) is 7.31. The van der Waals surface area contributed by atoms with Gasteiger partial charge in [-0.3, -0.25) is 4.79 Å². The molecule has 1 aliphatic heterocycles. The molecule has 1 amide bonds. The Morgan fingerprint density at radius 2 is 2.05 bits per heavy atom. The standard InChI is InChI=1S/C17H19BrN2O/c1-20-8-2-3-16(20)11-19-17(21)14-5-4-13-10-15(18)7-6-12(13)9-14/h4-7,9-10,16H,2-3,8,11H2,1H3,(H,19,21). The molecule has 2 aromatic rings. The summed E-state index contributed by atoms with van der Waals surface area (Å²) < 4.78 is 1.05. The van der Waals surface area contributed by atoms with E-state index in [1.807, 2.05) is 30.3 Å². The SMILES string of the molecule is CN1CCCC1CNC(=O)c1ccc2cc(Br)ccc2c1. The summed E-state index contributed by atoms with van der Waals surface area (Å²) in [5.74, 6) is 0.0140. The first kappa shape index (κ1) is 14.5. The Hall–Kier alpha value is -1.39. The van der Waals surface area contributed by atoms with Gasteiger partial charge in [0, 0.05) is 22.6 Å². The molecule has 21 heavy (non-hydrogen) atoms. The summed E-state index contributed by atoms with van der Waals surface area (Å²) in [7, 11) is 2.12. The molecule has 110 valence electrons. The van der Waals surface area contributed by atoms with Gasteiger partial charge >= 0.3 is 0 Å². The molecule has 2 aromatic carbocycles. The molecule has 1 heterocycles. The minimum absolute atomic E-state index is 0.0140. The molecule has 1 saturated heterocycles. The van der Waals surface area contributed by atoms with E-state index >= 15 is 0 Å². The third kappa shape index (κ3) is 3.27. The molecule has 0 aliphatic carbocycles. The zero-order valence-electron chi connectivity index (χ0n) is 12.1. The Kier molecular flexibility index (Phi) is 4.27. The molecule has 3 rings (SSSR count). The largest absolute Gasteiger partial charge is 0.350 e. The van der Waals surface area contributed by atoms with Crippen molar-refractivity contribution in [3.8, 4) is 0 Å². The van der Waals surface area contributed by atoms with Gasteiger partial charge in [0.25, 0.3) is 5.91 Å². The van der Waals surface area contributed by atoms with Crippen molar-refractivity contribution >= 4 is 32.6 Å². The first-order valence-corrected chi connectivity index (χ1v) is 8.10. The third-order valence-electron chi connectivity index (χ3n) is 4.23. The molecule has 1 atom stereocenters. The predicted molar refractivity (Wildman–Crippen MR) is 89.6 cm³/mol.